The highest BCUT2D eigenvalue weighted by molar-refractivity contribution is 4.70. The van der Waals surface area contributed by atoms with Crippen LogP contribution in [0.1, 0.15) is 26.7 Å². The third-order valence-electron chi connectivity index (χ3n) is 2.84. The van der Waals surface area contributed by atoms with Gasteiger partial charge in [-0.05, 0) is 32.6 Å². The van der Waals surface area contributed by atoms with Gasteiger partial charge in [0.15, 0.2) is 5.79 Å². The summed E-state index contributed by atoms with van der Waals surface area (Å²) in [6, 6.07) is 0. The van der Waals surface area contributed by atoms with Crippen LogP contribution in [0.2, 0.25) is 0 Å². The predicted octanol–water partition coefficient (Wildman–Crippen LogP) is 0.535. The Labute approximate surface area is 103 Å². The van der Waals surface area contributed by atoms with E-state index in [1.165, 1.54) is 0 Å². The molecular weight excluding hydrogens is 224 g/mol. The first-order valence-corrected chi connectivity index (χ1v) is 6.18. The summed E-state index contributed by atoms with van der Waals surface area (Å²) < 4.78 is 16.5. The van der Waals surface area contributed by atoms with Crippen LogP contribution >= 0.6 is 0 Å². The van der Waals surface area contributed by atoms with Gasteiger partial charge < -0.3 is 24.4 Å². The third kappa shape index (κ3) is 5.79. The first-order chi connectivity index (χ1) is 8.07. The molecule has 2 unspecified atom stereocenters. The maximum atomic E-state index is 9.03. The highest BCUT2D eigenvalue weighted by Gasteiger charge is 2.32. The number of rotatable bonds is 8. The van der Waals surface area contributed by atoms with Gasteiger partial charge in [-0.2, -0.15) is 0 Å². The lowest BCUT2D eigenvalue weighted by Gasteiger charge is -2.17. The van der Waals surface area contributed by atoms with E-state index in [1.807, 2.05) is 13.8 Å². The predicted molar refractivity (Wildman–Crippen MR) is 62.6 cm³/mol. The Hall–Kier alpha value is -0.200. The maximum Gasteiger partial charge on any atom is 0.163 e. The molecule has 0 aliphatic carbocycles. The zero-order valence-electron chi connectivity index (χ0n) is 10.7. The van der Waals surface area contributed by atoms with Crippen molar-refractivity contribution in [2.45, 2.75) is 38.6 Å². The first kappa shape index (κ1) is 14.9. The second-order valence-electron chi connectivity index (χ2n) is 4.88. The summed E-state index contributed by atoms with van der Waals surface area (Å²) in [5.74, 6) is -0.379. The van der Waals surface area contributed by atoms with E-state index in [1.54, 1.807) is 0 Å². The highest BCUT2D eigenvalue weighted by atomic mass is 16.7. The maximum absolute atomic E-state index is 9.03. The molecule has 0 aromatic heterocycles. The molecule has 5 nitrogen and oxygen atoms in total. The summed E-state index contributed by atoms with van der Waals surface area (Å²) in [5, 5.41) is 17.8. The fourth-order valence-corrected chi connectivity index (χ4v) is 1.82. The van der Waals surface area contributed by atoms with Crippen LogP contribution in [0.5, 0.6) is 0 Å². The minimum absolute atomic E-state index is 0.00424. The molecule has 0 radical (unpaired) electrons. The second-order valence-corrected chi connectivity index (χ2v) is 4.88. The lowest BCUT2D eigenvalue weighted by Crippen LogP contribution is -2.24. The van der Waals surface area contributed by atoms with Gasteiger partial charge in [0, 0.05) is 19.8 Å². The van der Waals surface area contributed by atoms with Crippen LogP contribution in [-0.4, -0.2) is 55.1 Å². The molecule has 2 N–H and O–H groups in total. The molecule has 2 atom stereocenters. The summed E-state index contributed by atoms with van der Waals surface area (Å²) >= 11 is 0. The highest BCUT2D eigenvalue weighted by Crippen LogP contribution is 2.22. The first-order valence-electron chi connectivity index (χ1n) is 6.18. The number of aliphatic hydroxyl groups is 2. The van der Waals surface area contributed by atoms with E-state index in [-0.39, 0.29) is 25.2 Å². The average Bonchev–Trinajstić information content (AvgIpc) is 2.63. The van der Waals surface area contributed by atoms with Crippen molar-refractivity contribution in [2.24, 2.45) is 5.92 Å². The molecule has 0 saturated carbocycles. The van der Waals surface area contributed by atoms with Crippen molar-refractivity contribution in [3.05, 3.63) is 0 Å². The molecule has 1 aliphatic rings. The van der Waals surface area contributed by atoms with Crippen molar-refractivity contribution in [3.8, 4) is 0 Å². The van der Waals surface area contributed by atoms with Crippen LogP contribution in [0, 0.1) is 5.92 Å². The van der Waals surface area contributed by atoms with Gasteiger partial charge in [-0.3, -0.25) is 0 Å². The molecule has 1 fully saturated rings. The van der Waals surface area contributed by atoms with Crippen LogP contribution in [0.15, 0.2) is 0 Å². The summed E-state index contributed by atoms with van der Waals surface area (Å²) in [7, 11) is 0. The number of ether oxygens (including phenoxy) is 3. The summed E-state index contributed by atoms with van der Waals surface area (Å²) in [5.41, 5.74) is 0. The van der Waals surface area contributed by atoms with E-state index in [4.69, 9.17) is 24.4 Å². The minimum atomic E-state index is -0.501. The Kier molecular flexibility index (Phi) is 6.37. The molecule has 0 spiro atoms. The molecule has 1 aliphatic heterocycles. The van der Waals surface area contributed by atoms with E-state index in [0.29, 0.717) is 26.2 Å². The molecule has 1 heterocycles. The van der Waals surface area contributed by atoms with E-state index >= 15 is 0 Å². The second kappa shape index (κ2) is 7.28. The smallest absolute Gasteiger partial charge is 0.163 e. The van der Waals surface area contributed by atoms with E-state index in [0.717, 1.165) is 6.42 Å². The van der Waals surface area contributed by atoms with Crippen LogP contribution in [0.4, 0.5) is 0 Å². The summed E-state index contributed by atoms with van der Waals surface area (Å²) in [4.78, 5) is 0. The largest absolute Gasteiger partial charge is 0.396 e. The summed E-state index contributed by atoms with van der Waals surface area (Å²) in [6.07, 6.45) is 1.37. The molecule has 0 aromatic rings. The SMILES string of the molecule is CC1(C)OCC(COCCC(CO)CCO)O1. The molecule has 0 bridgehead atoms. The summed E-state index contributed by atoms with van der Waals surface area (Å²) in [6.45, 7) is 5.63. The molecule has 1 rings (SSSR count). The number of aliphatic hydroxyl groups excluding tert-OH is 2. The Morgan fingerprint density at radius 2 is 2.12 bits per heavy atom. The molecule has 102 valence electrons. The monoisotopic (exact) mass is 248 g/mol. The third-order valence-corrected chi connectivity index (χ3v) is 2.84. The topological polar surface area (TPSA) is 68.2 Å². The van der Waals surface area contributed by atoms with Crippen molar-refractivity contribution in [1.29, 1.82) is 0 Å². The average molecular weight is 248 g/mol. The minimum Gasteiger partial charge on any atom is -0.396 e. The van der Waals surface area contributed by atoms with Gasteiger partial charge in [-0.15, -0.1) is 0 Å². The van der Waals surface area contributed by atoms with Gasteiger partial charge in [0.1, 0.15) is 6.10 Å². The van der Waals surface area contributed by atoms with Crippen molar-refractivity contribution < 1.29 is 24.4 Å². The zero-order valence-corrected chi connectivity index (χ0v) is 10.7. The standard InChI is InChI=1S/C12H24O5/c1-12(2)16-9-11(17-12)8-15-6-4-10(7-14)3-5-13/h10-11,13-14H,3-9H2,1-2H3. The number of hydrogen-bond donors (Lipinski definition) is 2. The van der Waals surface area contributed by atoms with Crippen molar-refractivity contribution in [2.75, 3.05) is 33.0 Å². The van der Waals surface area contributed by atoms with E-state index in [9.17, 15) is 0 Å². The zero-order chi connectivity index (χ0) is 12.7. The van der Waals surface area contributed by atoms with Gasteiger partial charge in [0.2, 0.25) is 0 Å². The fraction of sp³-hybridized carbons (Fsp3) is 1.00. The lowest BCUT2D eigenvalue weighted by atomic mass is 10.0. The molecule has 0 amide bonds. The molecule has 0 aromatic carbocycles. The Morgan fingerprint density at radius 1 is 1.35 bits per heavy atom. The van der Waals surface area contributed by atoms with Crippen LogP contribution < -0.4 is 0 Å². The Morgan fingerprint density at radius 3 is 2.65 bits per heavy atom. The van der Waals surface area contributed by atoms with Crippen molar-refractivity contribution in [1.82, 2.24) is 0 Å². The van der Waals surface area contributed by atoms with Gasteiger partial charge in [0.25, 0.3) is 0 Å². The van der Waals surface area contributed by atoms with Crippen LogP contribution in [0.3, 0.4) is 0 Å². The van der Waals surface area contributed by atoms with E-state index < -0.39 is 5.79 Å². The van der Waals surface area contributed by atoms with Gasteiger partial charge in [-0.1, -0.05) is 0 Å². The number of hydrogen-bond acceptors (Lipinski definition) is 5. The lowest BCUT2D eigenvalue weighted by molar-refractivity contribution is -0.145. The Bertz CT molecular complexity index is 207. The van der Waals surface area contributed by atoms with Gasteiger partial charge in [-0.25, -0.2) is 0 Å². The van der Waals surface area contributed by atoms with Crippen molar-refractivity contribution >= 4 is 0 Å². The molecule has 5 heteroatoms. The molecule has 17 heavy (non-hydrogen) atoms. The quantitative estimate of drug-likeness (QED) is 0.613. The van der Waals surface area contributed by atoms with Crippen LogP contribution in [-0.2, 0) is 14.2 Å². The Balaban J connectivity index is 2.04. The fourth-order valence-electron chi connectivity index (χ4n) is 1.82. The van der Waals surface area contributed by atoms with E-state index in [2.05, 4.69) is 0 Å². The van der Waals surface area contributed by atoms with Gasteiger partial charge >= 0.3 is 0 Å². The van der Waals surface area contributed by atoms with Crippen molar-refractivity contribution in [3.63, 3.8) is 0 Å². The normalized spacial score (nSPS) is 25.1. The van der Waals surface area contributed by atoms with Gasteiger partial charge in [0.05, 0.1) is 13.2 Å². The van der Waals surface area contributed by atoms with Crippen LogP contribution in [0.25, 0.3) is 0 Å². The molecular formula is C12H24O5. The molecule has 1 saturated heterocycles.